The van der Waals surface area contributed by atoms with Gasteiger partial charge in [0.25, 0.3) is 5.56 Å². The second kappa shape index (κ2) is 5.25. The van der Waals surface area contributed by atoms with Crippen LogP contribution >= 0.6 is 23.2 Å². The van der Waals surface area contributed by atoms with Crippen LogP contribution in [0.25, 0.3) is 0 Å². The number of rotatable bonds is 2. The Morgan fingerprint density at radius 2 is 2.41 bits per heavy atom. The van der Waals surface area contributed by atoms with E-state index >= 15 is 0 Å². The van der Waals surface area contributed by atoms with Gasteiger partial charge >= 0.3 is 0 Å². The molecule has 0 aliphatic carbocycles. The molecule has 1 saturated heterocycles. The van der Waals surface area contributed by atoms with Gasteiger partial charge in [-0.3, -0.25) is 4.79 Å². The zero-order valence-corrected chi connectivity index (χ0v) is 10.8. The van der Waals surface area contributed by atoms with Gasteiger partial charge in [-0.15, -0.1) is 11.6 Å². The summed E-state index contributed by atoms with van der Waals surface area (Å²) in [7, 11) is 0. The van der Waals surface area contributed by atoms with Crippen molar-refractivity contribution < 1.29 is 4.74 Å². The number of hydrogen-bond donors (Lipinski definition) is 1. The van der Waals surface area contributed by atoms with Crippen LogP contribution in [0, 0.1) is 0 Å². The number of aromatic amines is 1. The number of aromatic nitrogens is 2. The lowest BCUT2D eigenvalue weighted by molar-refractivity contribution is -0.00357. The van der Waals surface area contributed by atoms with Crippen molar-refractivity contribution >= 4 is 29.0 Å². The zero-order valence-electron chi connectivity index (χ0n) is 9.32. The summed E-state index contributed by atoms with van der Waals surface area (Å²) in [5.74, 6) is 0.891. The number of H-pyrrole nitrogens is 1. The predicted molar refractivity (Wildman–Crippen MR) is 67.1 cm³/mol. The molecule has 0 aromatic carbocycles. The summed E-state index contributed by atoms with van der Waals surface area (Å²) in [5.41, 5.74) is -0.335. The van der Waals surface area contributed by atoms with Gasteiger partial charge in [0.15, 0.2) is 5.82 Å². The molecule has 17 heavy (non-hydrogen) atoms. The van der Waals surface area contributed by atoms with E-state index in [1.165, 1.54) is 6.33 Å². The Hall–Kier alpha value is -0.780. The Balaban J connectivity index is 2.27. The molecule has 0 spiro atoms. The first-order chi connectivity index (χ1) is 8.11. The van der Waals surface area contributed by atoms with Gasteiger partial charge in [-0.05, 0) is 6.92 Å². The van der Waals surface area contributed by atoms with Crippen LogP contribution in [0.4, 0.5) is 5.82 Å². The van der Waals surface area contributed by atoms with Gasteiger partial charge in [-0.1, -0.05) is 11.6 Å². The first-order valence-corrected chi connectivity index (χ1v) is 6.22. The molecular formula is C10H13Cl2N3O2. The monoisotopic (exact) mass is 277 g/mol. The molecule has 1 fully saturated rings. The van der Waals surface area contributed by atoms with Crippen molar-refractivity contribution in [2.75, 3.05) is 23.9 Å². The van der Waals surface area contributed by atoms with E-state index in [1.807, 2.05) is 11.8 Å². The number of ether oxygens (including phenoxy) is 1. The number of nitrogens with one attached hydrogen (secondary N) is 1. The average molecular weight is 278 g/mol. The quantitative estimate of drug-likeness (QED) is 0.827. The highest BCUT2D eigenvalue weighted by Crippen LogP contribution is 2.23. The Morgan fingerprint density at radius 1 is 1.65 bits per heavy atom. The van der Waals surface area contributed by atoms with Gasteiger partial charge in [0.2, 0.25) is 0 Å². The molecule has 2 rings (SSSR count). The van der Waals surface area contributed by atoms with Crippen LogP contribution in [-0.4, -0.2) is 41.1 Å². The SMILES string of the molecule is CC1CN(c2nc[nH]c(=O)c2Cl)CC(CCl)O1. The van der Waals surface area contributed by atoms with Gasteiger partial charge < -0.3 is 14.6 Å². The van der Waals surface area contributed by atoms with Gasteiger partial charge in [-0.25, -0.2) is 4.98 Å². The maximum Gasteiger partial charge on any atom is 0.271 e. The largest absolute Gasteiger partial charge is 0.370 e. The van der Waals surface area contributed by atoms with Gasteiger partial charge in [0.05, 0.1) is 24.4 Å². The molecule has 5 nitrogen and oxygen atoms in total. The Morgan fingerprint density at radius 3 is 3.12 bits per heavy atom. The molecule has 94 valence electrons. The molecule has 0 saturated carbocycles. The summed E-state index contributed by atoms with van der Waals surface area (Å²) in [5, 5.41) is 0.106. The van der Waals surface area contributed by atoms with E-state index in [0.717, 1.165) is 0 Å². The summed E-state index contributed by atoms with van der Waals surface area (Å²) in [4.78, 5) is 19.9. The normalized spacial score (nSPS) is 25.0. The number of hydrogen-bond acceptors (Lipinski definition) is 4. The molecule has 1 N–H and O–H groups in total. The molecule has 0 amide bonds. The Labute approximate surface area is 109 Å². The minimum absolute atomic E-state index is 0.0321. The minimum atomic E-state index is -0.335. The number of alkyl halides is 1. The molecular weight excluding hydrogens is 265 g/mol. The lowest BCUT2D eigenvalue weighted by Gasteiger charge is -2.36. The molecule has 2 heterocycles. The molecule has 2 unspecified atom stereocenters. The Kier molecular flexibility index (Phi) is 3.91. The van der Waals surface area contributed by atoms with Crippen molar-refractivity contribution in [1.29, 1.82) is 0 Å². The van der Waals surface area contributed by atoms with Crippen LogP contribution in [-0.2, 0) is 4.74 Å². The third kappa shape index (κ3) is 2.73. The molecule has 0 radical (unpaired) electrons. The second-order valence-electron chi connectivity index (χ2n) is 4.00. The fraction of sp³-hybridized carbons (Fsp3) is 0.600. The fourth-order valence-corrected chi connectivity index (χ4v) is 2.29. The van der Waals surface area contributed by atoms with Crippen molar-refractivity contribution in [3.63, 3.8) is 0 Å². The number of anilines is 1. The fourth-order valence-electron chi connectivity index (χ4n) is 1.90. The van der Waals surface area contributed by atoms with E-state index in [-0.39, 0.29) is 22.8 Å². The number of nitrogens with zero attached hydrogens (tertiary/aromatic N) is 2. The van der Waals surface area contributed by atoms with Crippen LogP contribution in [0.5, 0.6) is 0 Å². The van der Waals surface area contributed by atoms with Crippen molar-refractivity contribution in [2.45, 2.75) is 19.1 Å². The van der Waals surface area contributed by atoms with Crippen LogP contribution < -0.4 is 10.5 Å². The predicted octanol–water partition coefficient (Wildman–Crippen LogP) is 1.26. The highest BCUT2D eigenvalue weighted by molar-refractivity contribution is 6.32. The Bertz CT molecular complexity index is 451. The summed E-state index contributed by atoms with van der Waals surface area (Å²) in [6.07, 6.45) is 1.31. The zero-order chi connectivity index (χ0) is 12.4. The molecule has 1 aromatic heterocycles. The number of halogens is 2. The molecule has 1 aliphatic heterocycles. The molecule has 0 bridgehead atoms. The molecule has 2 atom stereocenters. The smallest absolute Gasteiger partial charge is 0.271 e. The lowest BCUT2D eigenvalue weighted by Crippen LogP contribution is -2.48. The van der Waals surface area contributed by atoms with E-state index in [1.54, 1.807) is 0 Å². The highest BCUT2D eigenvalue weighted by atomic mass is 35.5. The lowest BCUT2D eigenvalue weighted by atomic mass is 10.2. The number of morpholine rings is 1. The average Bonchev–Trinajstić information content (AvgIpc) is 2.31. The summed E-state index contributed by atoms with van der Waals surface area (Å²) in [6, 6.07) is 0. The van der Waals surface area contributed by atoms with Crippen LogP contribution in [0.15, 0.2) is 11.1 Å². The van der Waals surface area contributed by atoms with Crippen molar-refractivity contribution in [3.8, 4) is 0 Å². The third-order valence-corrected chi connectivity index (χ3v) is 3.26. The highest BCUT2D eigenvalue weighted by Gasteiger charge is 2.27. The van der Waals surface area contributed by atoms with Crippen LogP contribution in [0.1, 0.15) is 6.92 Å². The maximum absolute atomic E-state index is 11.4. The van der Waals surface area contributed by atoms with E-state index in [0.29, 0.717) is 24.8 Å². The molecule has 1 aromatic rings. The summed E-state index contributed by atoms with van der Waals surface area (Å²) >= 11 is 11.7. The van der Waals surface area contributed by atoms with Crippen molar-refractivity contribution in [3.05, 3.63) is 21.7 Å². The van der Waals surface area contributed by atoms with E-state index < -0.39 is 0 Å². The first kappa shape index (κ1) is 12.7. The summed E-state index contributed by atoms with van der Waals surface area (Å²) in [6.45, 7) is 3.18. The molecule has 7 heteroatoms. The van der Waals surface area contributed by atoms with Crippen molar-refractivity contribution in [1.82, 2.24) is 9.97 Å². The third-order valence-electron chi connectivity index (χ3n) is 2.58. The minimum Gasteiger partial charge on any atom is -0.370 e. The van der Waals surface area contributed by atoms with Gasteiger partial charge in [0.1, 0.15) is 5.02 Å². The van der Waals surface area contributed by atoms with E-state index in [2.05, 4.69) is 9.97 Å². The topological polar surface area (TPSA) is 58.2 Å². The van der Waals surface area contributed by atoms with E-state index in [4.69, 9.17) is 27.9 Å². The van der Waals surface area contributed by atoms with Crippen LogP contribution in [0.3, 0.4) is 0 Å². The first-order valence-electron chi connectivity index (χ1n) is 5.31. The molecule has 1 aliphatic rings. The standard InChI is InChI=1S/C10H13Cl2N3O2/c1-6-3-15(4-7(2-11)17-6)9-8(12)10(16)14-5-13-9/h5-7H,2-4H2,1H3,(H,13,14,16). The maximum atomic E-state index is 11.4. The van der Waals surface area contributed by atoms with Crippen LogP contribution in [0.2, 0.25) is 5.02 Å². The second-order valence-corrected chi connectivity index (χ2v) is 4.68. The summed E-state index contributed by atoms with van der Waals surface area (Å²) < 4.78 is 5.63. The van der Waals surface area contributed by atoms with Gasteiger partial charge in [-0.2, -0.15) is 0 Å². The van der Waals surface area contributed by atoms with Crippen molar-refractivity contribution in [2.24, 2.45) is 0 Å². The van der Waals surface area contributed by atoms with Gasteiger partial charge in [0, 0.05) is 13.1 Å². The van der Waals surface area contributed by atoms with E-state index in [9.17, 15) is 4.79 Å².